The van der Waals surface area contributed by atoms with Crippen molar-refractivity contribution in [3.63, 3.8) is 0 Å². The molecule has 0 aliphatic rings. The average Bonchev–Trinajstić information content (AvgIpc) is 2.77. The summed E-state index contributed by atoms with van der Waals surface area (Å²) in [6, 6.07) is 12.4. The van der Waals surface area contributed by atoms with Crippen LogP contribution in [0.25, 0.3) is 17.0 Å². The molecular formula is C26H28O6. The molecule has 168 valence electrons. The van der Waals surface area contributed by atoms with Crippen LogP contribution in [0.4, 0.5) is 0 Å². The summed E-state index contributed by atoms with van der Waals surface area (Å²) in [5.74, 6) is 0.807. The second kappa shape index (κ2) is 11.2. The van der Waals surface area contributed by atoms with Crippen LogP contribution in [-0.4, -0.2) is 19.2 Å². The Labute approximate surface area is 187 Å². The first kappa shape index (κ1) is 23.1. The van der Waals surface area contributed by atoms with Gasteiger partial charge in [0.15, 0.2) is 11.5 Å². The second-order valence-corrected chi connectivity index (χ2v) is 7.37. The maximum absolute atomic E-state index is 12.3. The number of aryl methyl sites for hydroxylation is 1. The lowest BCUT2D eigenvalue weighted by Gasteiger charge is -2.12. The highest BCUT2D eigenvalue weighted by atomic mass is 16.5. The van der Waals surface area contributed by atoms with Crippen molar-refractivity contribution in [2.75, 3.05) is 13.2 Å². The number of esters is 1. The number of benzene rings is 2. The van der Waals surface area contributed by atoms with Gasteiger partial charge < -0.3 is 18.6 Å². The van der Waals surface area contributed by atoms with Gasteiger partial charge in [0.1, 0.15) is 12.2 Å². The lowest BCUT2D eigenvalue weighted by molar-refractivity contribution is -0.138. The molecule has 0 aliphatic heterocycles. The topological polar surface area (TPSA) is 75.0 Å². The molecule has 6 heteroatoms. The molecule has 0 amide bonds. The number of hydrogen-bond acceptors (Lipinski definition) is 6. The molecule has 3 aromatic rings. The zero-order chi connectivity index (χ0) is 22.9. The fourth-order valence-corrected chi connectivity index (χ4v) is 3.16. The Hall–Kier alpha value is -3.54. The molecule has 6 nitrogen and oxygen atoms in total. The summed E-state index contributed by atoms with van der Waals surface area (Å²) in [7, 11) is 0. The van der Waals surface area contributed by atoms with Crippen molar-refractivity contribution >= 4 is 23.0 Å². The van der Waals surface area contributed by atoms with E-state index in [1.807, 2.05) is 44.2 Å². The number of hydrogen-bond donors (Lipinski definition) is 0. The minimum atomic E-state index is -0.514. The summed E-state index contributed by atoms with van der Waals surface area (Å²) in [6.45, 7) is 7.05. The van der Waals surface area contributed by atoms with Crippen molar-refractivity contribution in [3.05, 3.63) is 75.7 Å². The number of ether oxygens (including phenoxy) is 3. The number of rotatable bonds is 10. The lowest BCUT2D eigenvalue weighted by atomic mass is 10.1. The SMILES string of the molecule is CCCCOc1ccc(C=CC(=O)OCc2cc(=O)oc3cc(C)ccc23)cc1OCC. The average molecular weight is 437 g/mol. The highest BCUT2D eigenvalue weighted by molar-refractivity contribution is 5.87. The predicted molar refractivity (Wildman–Crippen MR) is 124 cm³/mol. The van der Waals surface area contributed by atoms with E-state index in [0.717, 1.165) is 29.4 Å². The molecule has 3 rings (SSSR count). The molecule has 0 aliphatic carbocycles. The first-order valence-corrected chi connectivity index (χ1v) is 10.8. The first-order chi connectivity index (χ1) is 15.5. The molecular weight excluding hydrogens is 408 g/mol. The van der Waals surface area contributed by atoms with Gasteiger partial charge in [0, 0.05) is 23.1 Å². The van der Waals surface area contributed by atoms with Crippen LogP contribution in [-0.2, 0) is 16.1 Å². The van der Waals surface area contributed by atoms with Crippen LogP contribution in [0, 0.1) is 6.92 Å². The van der Waals surface area contributed by atoms with E-state index in [1.54, 1.807) is 12.1 Å². The minimum Gasteiger partial charge on any atom is -0.490 e. The van der Waals surface area contributed by atoms with E-state index in [9.17, 15) is 9.59 Å². The lowest BCUT2D eigenvalue weighted by Crippen LogP contribution is -2.05. The van der Waals surface area contributed by atoms with Gasteiger partial charge in [-0.3, -0.25) is 0 Å². The molecule has 0 unspecified atom stereocenters. The summed E-state index contributed by atoms with van der Waals surface area (Å²) in [6.07, 6.45) is 5.02. The van der Waals surface area contributed by atoms with Gasteiger partial charge in [-0.05, 0) is 55.7 Å². The van der Waals surface area contributed by atoms with Crippen molar-refractivity contribution < 1.29 is 23.4 Å². The monoisotopic (exact) mass is 436 g/mol. The summed E-state index contributed by atoms with van der Waals surface area (Å²) in [5, 5.41) is 0.743. The Morgan fingerprint density at radius 1 is 1.03 bits per heavy atom. The fourth-order valence-electron chi connectivity index (χ4n) is 3.16. The molecule has 0 fully saturated rings. The Morgan fingerprint density at radius 3 is 2.66 bits per heavy atom. The van der Waals surface area contributed by atoms with Crippen LogP contribution in [0.5, 0.6) is 11.5 Å². The smallest absolute Gasteiger partial charge is 0.336 e. The number of unbranched alkanes of at least 4 members (excludes halogenated alkanes) is 1. The van der Waals surface area contributed by atoms with Gasteiger partial charge in [0.05, 0.1) is 13.2 Å². The van der Waals surface area contributed by atoms with E-state index in [-0.39, 0.29) is 6.61 Å². The zero-order valence-corrected chi connectivity index (χ0v) is 18.7. The molecule has 0 N–H and O–H groups in total. The van der Waals surface area contributed by atoms with Gasteiger partial charge in [-0.2, -0.15) is 0 Å². The molecule has 0 atom stereocenters. The Balaban J connectivity index is 1.67. The molecule has 1 aromatic heterocycles. The quantitative estimate of drug-likeness (QED) is 0.182. The number of carbonyl (C=O) groups excluding carboxylic acids is 1. The molecule has 1 heterocycles. The van der Waals surface area contributed by atoms with Crippen LogP contribution in [0.3, 0.4) is 0 Å². The molecule has 0 saturated heterocycles. The largest absolute Gasteiger partial charge is 0.490 e. The summed E-state index contributed by atoms with van der Waals surface area (Å²) in [5.41, 5.74) is 2.36. The number of fused-ring (bicyclic) bond motifs is 1. The van der Waals surface area contributed by atoms with Crippen LogP contribution < -0.4 is 15.1 Å². The third-order valence-corrected chi connectivity index (χ3v) is 4.79. The fraction of sp³-hybridized carbons (Fsp3) is 0.308. The maximum Gasteiger partial charge on any atom is 0.336 e. The second-order valence-electron chi connectivity index (χ2n) is 7.37. The van der Waals surface area contributed by atoms with Crippen LogP contribution >= 0.6 is 0 Å². The van der Waals surface area contributed by atoms with E-state index < -0.39 is 11.6 Å². The van der Waals surface area contributed by atoms with Crippen molar-refractivity contribution in [1.29, 1.82) is 0 Å². The predicted octanol–water partition coefficient (Wildman–Crippen LogP) is 5.44. The number of carbonyl (C=O) groups is 1. The highest BCUT2D eigenvalue weighted by Gasteiger charge is 2.09. The van der Waals surface area contributed by atoms with Crippen LogP contribution in [0.15, 0.2) is 57.8 Å². The van der Waals surface area contributed by atoms with Gasteiger partial charge in [0.2, 0.25) is 0 Å². The van der Waals surface area contributed by atoms with E-state index >= 15 is 0 Å². The van der Waals surface area contributed by atoms with Gasteiger partial charge in [-0.15, -0.1) is 0 Å². The molecule has 0 saturated carbocycles. The van der Waals surface area contributed by atoms with Gasteiger partial charge in [0.25, 0.3) is 0 Å². The molecule has 32 heavy (non-hydrogen) atoms. The Morgan fingerprint density at radius 2 is 1.88 bits per heavy atom. The third kappa shape index (κ3) is 6.23. The molecule has 0 spiro atoms. The minimum absolute atomic E-state index is 0.0251. The summed E-state index contributed by atoms with van der Waals surface area (Å²) < 4.78 is 22.0. The zero-order valence-electron chi connectivity index (χ0n) is 18.7. The van der Waals surface area contributed by atoms with E-state index in [2.05, 4.69) is 6.92 Å². The maximum atomic E-state index is 12.3. The Kier molecular flexibility index (Phi) is 8.08. The van der Waals surface area contributed by atoms with Crippen LogP contribution in [0.1, 0.15) is 43.4 Å². The van der Waals surface area contributed by atoms with Crippen LogP contribution in [0.2, 0.25) is 0 Å². The van der Waals surface area contributed by atoms with Gasteiger partial charge in [-0.1, -0.05) is 31.5 Å². The molecule has 0 bridgehead atoms. The van der Waals surface area contributed by atoms with E-state index in [1.165, 1.54) is 12.1 Å². The summed E-state index contributed by atoms with van der Waals surface area (Å²) in [4.78, 5) is 24.1. The van der Waals surface area contributed by atoms with Crippen molar-refractivity contribution in [1.82, 2.24) is 0 Å². The third-order valence-electron chi connectivity index (χ3n) is 4.79. The normalized spacial score (nSPS) is 11.1. The standard InChI is InChI=1S/C26H28O6/c1-4-6-13-30-22-11-8-19(15-24(22)29-5-2)9-12-25(27)31-17-20-16-26(28)32-23-14-18(3)7-10-21(20)23/h7-12,14-16H,4-6,13,17H2,1-3H3. The van der Waals surface area contributed by atoms with Crippen molar-refractivity contribution in [2.45, 2.75) is 40.2 Å². The Bertz CT molecular complexity index is 1160. The van der Waals surface area contributed by atoms with Gasteiger partial charge in [-0.25, -0.2) is 9.59 Å². The van der Waals surface area contributed by atoms with Crippen molar-refractivity contribution in [3.8, 4) is 11.5 Å². The highest BCUT2D eigenvalue weighted by Crippen LogP contribution is 2.29. The van der Waals surface area contributed by atoms with E-state index in [4.69, 9.17) is 18.6 Å². The van der Waals surface area contributed by atoms with E-state index in [0.29, 0.717) is 35.9 Å². The summed E-state index contributed by atoms with van der Waals surface area (Å²) >= 11 is 0. The molecule has 2 aromatic carbocycles. The van der Waals surface area contributed by atoms with Crippen molar-refractivity contribution in [2.24, 2.45) is 0 Å². The van der Waals surface area contributed by atoms with Gasteiger partial charge >= 0.3 is 11.6 Å². The first-order valence-electron chi connectivity index (χ1n) is 10.8. The molecule has 0 radical (unpaired) electrons.